The minimum atomic E-state index is 0. The minimum absolute atomic E-state index is 0. The number of halogens is 2. The van der Waals surface area contributed by atoms with E-state index in [1.807, 2.05) is 12.2 Å². The number of benzene rings is 3. The van der Waals surface area contributed by atoms with E-state index >= 15 is 0 Å². The normalized spacial score (nSPS) is 15.0. The van der Waals surface area contributed by atoms with Crippen LogP contribution in [0.3, 0.4) is 0 Å². The summed E-state index contributed by atoms with van der Waals surface area (Å²) in [5.41, 5.74) is 10.3. The molecular weight excluding hydrogens is 655 g/mol. The molecule has 0 bridgehead atoms. The molecule has 0 unspecified atom stereocenters. The van der Waals surface area contributed by atoms with E-state index in [-0.39, 0.29) is 35.6 Å². The molecule has 3 aliphatic carbocycles. The topological polar surface area (TPSA) is 0 Å². The Morgan fingerprint density at radius 3 is 2.05 bits per heavy atom. The molecule has 3 heteroatoms. The fourth-order valence-electron chi connectivity index (χ4n) is 5.98. The molecule has 0 amide bonds. The van der Waals surface area contributed by atoms with Crippen LogP contribution in [0.1, 0.15) is 114 Å². The van der Waals surface area contributed by atoms with Gasteiger partial charge in [-0.3, -0.25) is 6.08 Å². The van der Waals surface area contributed by atoms with Gasteiger partial charge in [0.25, 0.3) is 0 Å². The van der Waals surface area contributed by atoms with Crippen LogP contribution in [0.25, 0.3) is 11.1 Å². The molecular formula is C41H50Cl2Zr-2. The van der Waals surface area contributed by atoms with E-state index in [1.54, 1.807) is 27.4 Å². The van der Waals surface area contributed by atoms with Gasteiger partial charge in [0.05, 0.1) is 0 Å². The summed E-state index contributed by atoms with van der Waals surface area (Å²) in [5, 5.41) is 0. The molecule has 1 saturated carbocycles. The Morgan fingerprint density at radius 1 is 0.818 bits per heavy atom. The zero-order chi connectivity index (χ0) is 30.2. The molecule has 3 aromatic carbocycles. The Balaban J connectivity index is 0.000000260. The van der Waals surface area contributed by atoms with Crippen LogP contribution in [0.5, 0.6) is 0 Å². The summed E-state index contributed by atoms with van der Waals surface area (Å²) >= 11 is 1.65. The molecule has 0 spiro atoms. The maximum absolute atomic E-state index is 3.53. The number of fused-ring (bicyclic) bond motifs is 3. The molecule has 0 radical (unpaired) electrons. The van der Waals surface area contributed by atoms with Crippen molar-refractivity contribution in [1.29, 1.82) is 0 Å². The molecule has 0 atom stereocenters. The van der Waals surface area contributed by atoms with Crippen molar-refractivity contribution in [1.82, 2.24) is 0 Å². The monoisotopic (exact) mass is 702 g/mol. The van der Waals surface area contributed by atoms with E-state index in [0.717, 1.165) is 18.8 Å². The van der Waals surface area contributed by atoms with Crippen LogP contribution in [0.4, 0.5) is 0 Å². The van der Waals surface area contributed by atoms with Crippen LogP contribution < -0.4 is 24.8 Å². The predicted molar refractivity (Wildman–Crippen MR) is 179 cm³/mol. The zero-order valence-electron chi connectivity index (χ0n) is 27.7. The van der Waals surface area contributed by atoms with Gasteiger partial charge in [-0.25, -0.2) is 12.2 Å². The molecule has 0 aliphatic heterocycles. The average Bonchev–Trinajstić information content (AvgIpc) is 3.65. The molecule has 0 nitrogen and oxygen atoms in total. The standard InChI is InChI=1S/C21H25.C15H20.C5H5.2ClH.Zr/c1-20(2,3)16-9-7-14-11-15-8-10-17(21(4,5)6)13-19(15)18(14)12-16;1-3-8-14(9-4-1)12-7-13-15-10-5-2-6-11-15;1-2-4-5-3-1;;;/h7,9-10,12-13H,11H2,1-6H3;1,3-4,8-9,15H,2,5-6,10-13H2;1-3H,4H2;2*1H;/q-1;;-1;;;+2/p-2. The van der Waals surface area contributed by atoms with Gasteiger partial charge in [0.15, 0.2) is 0 Å². The first-order valence-electron chi connectivity index (χ1n) is 16.0. The molecule has 1 fully saturated rings. The summed E-state index contributed by atoms with van der Waals surface area (Å²) in [6.45, 7) is 13.6. The van der Waals surface area contributed by atoms with E-state index in [1.165, 1.54) is 83.9 Å². The van der Waals surface area contributed by atoms with Crippen molar-refractivity contribution in [3.8, 4) is 11.1 Å². The summed E-state index contributed by atoms with van der Waals surface area (Å²) in [6.07, 6.45) is 21.0. The summed E-state index contributed by atoms with van der Waals surface area (Å²) in [5.74, 6) is 1.01. The van der Waals surface area contributed by atoms with E-state index in [2.05, 4.69) is 120 Å². The van der Waals surface area contributed by atoms with Crippen molar-refractivity contribution in [3.63, 3.8) is 0 Å². The quantitative estimate of drug-likeness (QED) is 0.266. The molecule has 6 rings (SSSR count). The van der Waals surface area contributed by atoms with Gasteiger partial charge in [0.2, 0.25) is 0 Å². The van der Waals surface area contributed by atoms with Crippen LogP contribution in [-0.2, 0) is 47.9 Å². The molecule has 3 aliphatic rings. The first-order valence-corrected chi connectivity index (χ1v) is 17.2. The Kier molecular flexibility index (Phi) is 15.8. The fraction of sp³-hybridized carbons (Fsp3) is 0.439. The van der Waals surface area contributed by atoms with Gasteiger partial charge in [-0.15, -0.1) is 12.0 Å². The van der Waals surface area contributed by atoms with Crippen molar-refractivity contribution in [2.24, 2.45) is 5.92 Å². The SMILES string of the molecule is CC(C)(C)c1c[c-]c2c(c1)-c1cc(C(C)(C)C)ccc1C2.[C-]1=CC=CC1.[Cl-].[Cl-].[Zr+2]=[C](Cc1ccccc1)CC1CCCCC1. The van der Waals surface area contributed by atoms with Crippen molar-refractivity contribution < 1.29 is 49.0 Å². The Hall–Kier alpha value is -1.53. The van der Waals surface area contributed by atoms with Crippen LogP contribution >= 0.6 is 0 Å². The summed E-state index contributed by atoms with van der Waals surface area (Å²) in [4.78, 5) is 0. The van der Waals surface area contributed by atoms with Gasteiger partial charge < -0.3 is 24.8 Å². The van der Waals surface area contributed by atoms with Crippen molar-refractivity contribution in [2.45, 2.75) is 110 Å². The first-order chi connectivity index (χ1) is 20.0. The maximum atomic E-state index is 3.53. The van der Waals surface area contributed by atoms with E-state index in [0.29, 0.717) is 0 Å². The van der Waals surface area contributed by atoms with Crippen molar-refractivity contribution in [3.05, 3.63) is 119 Å². The molecule has 44 heavy (non-hydrogen) atoms. The second kappa shape index (κ2) is 18.0. The first kappa shape index (κ1) is 38.7. The molecule has 0 aromatic heterocycles. The number of rotatable bonds is 4. The summed E-state index contributed by atoms with van der Waals surface area (Å²) in [7, 11) is 0. The van der Waals surface area contributed by atoms with Crippen molar-refractivity contribution in [2.75, 3.05) is 0 Å². The Bertz CT molecular complexity index is 1310. The third-order valence-corrected chi connectivity index (χ3v) is 9.57. The van der Waals surface area contributed by atoms with Crippen LogP contribution in [-0.4, -0.2) is 3.21 Å². The zero-order valence-corrected chi connectivity index (χ0v) is 31.7. The third-order valence-electron chi connectivity index (χ3n) is 8.63. The molecule has 0 N–H and O–H groups in total. The molecule has 0 heterocycles. The van der Waals surface area contributed by atoms with E-state index in [9.17, 15) is 0 Å². The Labute approximate surface area is 296 Å². The number of hydrogen-bond donors (Lipinski definition) is 0. The van der Waals surface area contributed by atoms with Crippen molar-refractivity contribution >= 4 is 3.21 Å². The van der Waals surface area contributed by atoms with Crippen LogP contribution in [0, 0.1) is 18.1 Å². The average molecular weight is 705 g/mol. The van der Waals surface area contributed by atoms with Gasteiger partial charge in [-0.05, 0) is 17.4 Å². The fourth-order valence-corrected chi connectivity index (χ4v) is 7.19. The van der Waals surface area contributed by atoms with E-state index < -0.39 is 0 Å². The van der Waals surface area contributed by atoms with Crippen LogP contribution in [0.15, 0.2) is 78.9 Å². The van der Waals surface area contributed by atoms with Gasteiger partial charge >= 0.3 is 114 Å². The second-order valence-corrected chi connectivity index (χ2v) is 16.0. The molecule has 234 valence electrons. The van der Waals surface area contributed by atoms with E-state index in [4.69, 9.17) is 0 Å². The number of hydrogen-bond acceptors (Lipinski definition) is 0. The van der Waals surface area contributed by atoms with Crippen LogP contribution in [0.2, 0.25) is 0 Å². The summed E-state index contributed by atoms with van der Waals surface area (Å²) < 4.78 is 1.75. The van der Waals surface area contributed by atoms with Gasteiger partial charge in [-0.1, -0.05) is 76.3 Å². The predicted octanol–water partition coefficient (Wildman–Crippen LogP) is 4.89. The van der Waals surface area contributed by atoms with Gasteiger partial charge in [0, 0.05) is 0 Å². The summed E-state index contributed by atoms with van der Waals surface area (Å²) in [6, 6.07) is 26.0. The molecule has 0 saturated heterocycles. The molecule has 3 aromatic rings. The second-order valence-electron chi connectivity index (χ2n) is 14.3. The van der Waals surface area contributed by atoms with Gasteiger partial charge in [0.1, 0.15) is 0 Å². The Morgan fingerprint density at radius 2 is 1.48 bits per heavy atom. The van der Waals surface area contributed by atoms with Gasteiger partial charge in [-0.2, -0.15) is 35.4 Å². The number of allylic oxidation sites excluding steroid dienone is 4. The third kappa shape index (κ3) is 11.7.